The molecule has 0 heterocycles. The predicted molar refractivity (Wildman–Crippen MR) is 33.4 cm³/mol. The van der Waals surface area contributed by atoms with E-state index in [4.69, 9.17) is 20.4 Å². The van der Waals surface area contributed by atoms with Crippen molar-refractivity contribution in [3.8, 4) is 0 Å². The van der Waals surface area contributed by atoms with E-state index in [2.05, 4.69) is 0 Å². The minimum Gasteiger partial charge on any atom is -0.509 e. The third kappa shape index (κ3) is 0.984. The Morgan fingerprint density at radius 2 is 1.20 bits per heavy atom. The van der Waals surface area contributed by atoms with Crippen LogP contribution in [0.15, 0.2) is 23.7 Å². The summed E-state index contributed by atoms with van der Waals surface area (Å²) >= 11 is 0. The summed E-state index contributed by atoms with van der Waals surface area (Å²) in [6.07, 6.45) is -0.533. The topological polar surface area (TPSA) is 80.9 Å². The lowest BCUT2D eigenvalue weighted by Gasteiger charge is -2.19. The molecular formula is C6H8O4. The maximum Gasteiger partial charge on any atom is 0.144 e. The van der Waals surface area contributed by atoms with Crippen LogP contribution in [0.2, 0.25) is 0 Å². The molecule has 0 spiro atoms. The Balaban J connectivity index is 2.86. The van der Waals surface area contributed by atoms with E-state index in [0.717, 1.165) is 12.2 Å². The number of allylic oxidation sites excluding steroid dienone is 2. The van der Waals surface area contributed by atoms with Crippen LogP contribution < -0.4 is 0 Å². The summed E-state index contributed by atoms with van der Waals surface area (Å²) in [5, 5.41) is 35.2. The normalized spacial score (nSPS) is 33.0. The van der Waals surface area contributed by atoms with Crippen molar-refractivity contribution in [2.75, 3.05) is 0 Å². The number of aliphatic hydroxyl groups excluding tert-OH is 4. The van der Waals surface area contributed by atoms with Crippen molar-refractivity contribution >= 4 is 0 Å². The largest absolute Gasteiger partial charge is 0.509 e. The Kier molecular flexibility index (Phi) is 1.65. The van der Waals surface area contributed by atoms with Crippen LogP contribution >= 0.6 is 0 Å². The first kappa shape index (κ1) is 7.11. The second-order valence-electron chi connectivity index (χ2n) is 2.07. The van der Waals surface area contributed by atoms with Crippen molar-refractivity contribution in [1.29, 1.82) is 0 Å². The van der Waals surface area contributed by atoms with Gasteiger partial charge in [-0.3, -0.25) is 0 Å². The van der Waals surface area contributed by atoms with Gasteiger partial charge < -0.3 is 20.4 Å². The van der Waals surface area contributed by atoms with Crippen LogP contribution in [0.3, 0.4) is 0 Å². The van der Waals surface area contributed by atoms with E-state index in [-0.39, 0.29) is 11.5 Å². The van der Waals surface area contributed by atoms with Crippen LogP contribution in [0, 0.1) is 0 Å². The van der Waals surface area contributed by atoms with E-state index in [1.165, 1.54) is 0 Å². The third-order valence-electron chi connectivity index (χ3n) is 1.33. The molecule has 1 aliphatic rings. The molecule has 0 fully saturated rings. The Labute approximate surface area is 57.4 Å². The summed E-state index contributed by atoms with van der Waals surface area (Å²) in [7, 11) is 0. The van der Waals surface area contributed by atoms with Crippen LogP contribution in [0.5, 0.6) is 0 Å². The smallest absolute Gasteiger partial charge is 0.144 e. The average molecular weight is 144 g/mol. The molecule has 10 heavy (non-hydrogen) atoms. The summed E-state index contributed by atoms with van der Waals surface area (Å²) < 4.78 is 0. The summed E-state index contributed by atoms with van der Waals surface area (Å²) in [6.45, 7) is 0. The molecule has 0 aliphatic heterocycles. The monoisotopic (exact) mass is 144 g/mol. The SMILES string of the molecule is OC1=CC=C(O)C(O)C1O. The van der Waals surface area contributed by atoms with Crippen molar-refractivity contribution in [3.05, 3.63) is 23.7 Å². The minimum atomic E-state index is -1.40. The molecule has 56 valence electrons. The van der Waals surface area contributed by atoms with Crippen LogP contribution in [-0.4, -0.2) is 32.6 Å². The molecule has 0 aromatic rings. The minimum absolute atomic E-state index is 0.342. The Hall–Kier alpha value is -1.00. The second-order valence-corrected chi connectivity index (χ2v) is 2.07. The van der Waals surface area contributed by atoms with Crippen LogP contribution in [0.4, 0.5) is 0 Å². The fourth-order valence-corrected chi connectivity index (χ4v) is 0.691. The van der Waals surface area contributed by atoms with Crippen molar-refractivity contribution in [3.63, 3.8) is 0 Å². The summed E-state index contributed by atoms with van der Waals surface area (Å²) in [6, 6.07) is 0. The van der Waals surface area contributed by atoms with Crippen molar-refractivity contribution in [2.45, 2.75) is 12.2 Å². The lowest BCUT2D eigenvalue weighted by Crippen LogP contribution is -2.31. The fraction of sp³-hybridized carbons (Fsp3) is 0.333. The number of aliphatic hydroxyl groups is 4. The quantitative estimate of drug-likeness (QED) is 0.373. The van der Waals surface area contributed by atoms with Gasteiger partial charge in [0.2, 0.25) is 0 Å². The maximum atomic E-state index is 8.85. The first-order valence-electron chi connectivity index (χ1n) is 2.78. The zero-order valence-corrected chi connectivity index (χ0v) is 5.10. The van der Waals surface area contributed by atoms with Gasteiger partial charge in [0.25, 0.3) is 0 Å². The Bertz CT molecular complexity index is 172. The van der Waals surface area contributed by atoms with Gasteiger partial charge in [-0.05, 0) is 12.2 Å². The van der Waals surface area contributed by atoms with Gasteiger partial charge in [0.15, 0.2) is 0 Å². The van der Waals surface area contributed by atoms with E-state index in [9.17, 15) is 0 Å². The number of hydrogen-bond acceptors (Lipinski definition) is 4. The van der Waals surface area contributed by atoms with E-state index in [1.54, 1.807) is 0 Å². The predicted octanol–water partition coefficient (Wildman–Crippen LogP) is -0.394. The van der Waals surface area contributed by atoms with Gasteiger partial charge >= 0.3 is 0 Å². The molecule has 0 saturated carbocycles. The molecule has 4 heteroatoms. The van der Waals surface area contributed by atoms with Crippen molar-refractivity contribution < 1.29 is 20.4 Å². The lowest BCUT2D eigenvalue weighted by atomic mass is 10.1. The highest BCUT2D eigenvalue weighted by Gasteiger charge is 2.26. The van der Waals surface area contributed by atoms with E-state index < -0.39 is 12.2 Å². The first-order chi connectivity index (χ1) is 4.63. The standard InChI is InChI=1S/C6H8O4/c7-3-1-2-4(8)6(10)5(3)9/h1-2,5-10H. The molecule has 0 saturated heterocycles. The average Bonchev–Trinajstić information content (AvgIpc) is 1.93. The Morgan fingerprint density at radius 3 is 1.50 bits per heavy atom. The zero-order valence-electron chi connectivity index (χ0n) is 5.10. The van der Waals surface area contributed by atoms with Gasteiger partial charge in [0.05, 0.1) is 0 Å². The van der Waals surface area contributed by atoms with Crippen molar-refractivity contribution in [1.82, 2.24) is 0 Å². The lowest BCUT2D eigenvalue weighted by molar-refractivity contribution is 0.0139. The first-order valence-corrected chi connectivity index (χ1v) is 2.78. The highest BCUT2D eigenvalue weighted by molar-refractivity contribution is 5.23. The molecule has 0 aromatic heterocycles. The van der Waals surface area contributed by atoms with Gasteiger partial charge in [-0.25, -0.2) is 0 Å². The van der Waals surface area contributed by atoms with E-state index >= 15 is 0 Å². The molecule has 0 radical (unpaired) electrons. The number of rotatable bonds is 0. The molecule has 2 atom stereocenters. The molecular weight excluding hydrogens is 136 g/mol. The summed E-state index contributed by atoms with van der Waals surface area (Å²) in [5.41, 5.74) is 0. The summed E-state index contributed by atoms with van der Waals surface area (Å²) in [4.78, 5) is 0. The summed E-state index contributed by atoms with van der Waals surface area (Å²) in [5.74, 6) is -0.685. The van der Waals surface area contributed by atoms with Gasteiger partial charge in [-0.2, -0.15) is 0 Å². The maximum absolute atomic E-state index is 8.85. The highest BCUT2D eigenvalue weighted by atomic mass is 16.4. The highest BCUT2D eigenvalue weighted by Crippen LogP contribution is 2.15. The fourth-order valence-electron chi connectivity index (χ4n) is 0.691. The van der Waals surface area contributed by atoms with Gasteiger partial charge in [-0.15, -0.1) is 0 Å². The molecule has 4 nitrogen and oxygen atoms in total. The molecule has 1 rings (SSSR count). The van der Waals surface area contributed by atoms with Gasteiger partial charge in [-0.1, -0.05) is 0 Å². The van der Waals surface area contributed by atoms with Crippen molar-refractivity contribution in [2.24, 2.45) is 0 Å². The molecule has 1 aliphatic carbocycles. The van der Waals surface area contributed by atoms with Crippen LogP contribution in [0.1, 0.15) is 0 Å². The Morgan fingerprint density at radius 1 is 0.900 bits per heavy atom. The zero-order chi connectivity index (χ0) is 7.72. The van der Waals surface area contributed by atoms with Gasteiger partial charge in [0.1, 0.15) is 23.7 Å². The molecule has 0 aromatic carbocycles. The van der Waals surface area contributed by atoms with E-state index in [1.807, 2.05) is 0 Å². The number of hydrogen-bond donors (Lipinski definition) is 4. The van der Waals surface area contributed by atoms with Gasteiger partial charge in [0, 0.05) is 0 Å². The molecule has 2 unspecified atom stereocenters. The van der Waals surface area contributed by atoms with Crippen LogP contribution in [0.25, 0.3) is 0 Å². The van der Waals surface area contributed by atoms with Crippen LogP contribution in [-0.2, 0) is 0 Å². The third-order valence-corrected chi connectivity index (χ3v) is 1.33. The molecule has 4 N–H and O–H groups in total. The molecule has 0 amide bonds. The second kappa shape index (κ2) is 2.32. The van der Waals surface area contributed by atoms with E-state index in [0.29, 0.717) is 0 Å². The molecule has 0 bridgehead atoms.